The Morgan fingerprint density at radius 2 is 1.09 bits per heavy atom. The molecule has 8 rings (SSSR count). The van der Waals surface area contributed by atoms with E-state index in [1.807, 2.05) is 78.9 Å². The number of hydrogen-bond acceptors (Lipinski definition) is 7. The van der Waals surface area contributed by atoms with Crippen LogP contribution in [-0.4, -0.2) is 44.1 Å². The molecule has 0 saturated heterocycles. The highest BCUT2D eigenvalue weighted by molar-refractivity contribution is 5.87. The SMILES string of the molecule is O=COCCC1(CC2(CCC(=O)O)c3ccccc3-c3nc4ccccc4nc32)c2ccccc2-c2nc3ccccc3nc21. The van der Waals surface area contributed by atoms with Crippen LogP contribution in [0, 0.1) is 0 Å². The van der Waals surface area contributed by atoms with E-state index in [9.17, 15) is 14.7 Å². The summed E-state index contributed by atoms with van der Waals surface area (Å²) in [4.78, 5) is 44.5. The number of carboxylic acids is 1. The van der Waals surface area contributed by atoms with Gasteiger partial charge in [0.1, 0.15) is 0 Å². The first kappa shape index (κ1) is 27.1. The minimum absolute atomic E-state index is 0.0684. The molecule has 2 unspecified atom stereocenters. The number of hydrogen-bond donors (Lipinski definition) is 1. The van der Waals surface area contributed by atoms with Crippen LogP contribution >= 0.6 is 0 Å². The fraction of sp³-hybridized carbons (Fsp3) is 0.189. The van der Waals surface area contributed by atoms with Gasteiger partial charge in [0.05, 0.1) is 51.4 Å². The van der Waals surface area contributed by atoms with Gasteiger partial charge in [-0.3, -0.25) is 9.59 Å². The smallest absolute Gasteiger partial charge is 0.303 e. The molecular formula is C37H28N4O4. The van der Waals surface area contributed by atoms with Crippen molar-refractivity contribution in [3.8, 4) is 22.5 Å². The number of aromatic nitrogens is 4. The monoisotopic (exact) mass is 592 g/mol. The van der Waals surface area contributed by atoms with E-state index in [4.69, 9.17) is 24.7 Å². The molecule has 0 radical (unpaired) electrons. The van der Waals surface area contributed by atoms with Gasteiger partial charge in [0.2, 0.25) is 0 Å². The Labute approximate surface area is 258 Å². The van der Waals surface area contributed by atoms with Gasteiger partial charge in [0.25, 0.3) is 6.47 Å². The van der Waals surface area contributed by atoms with Crippen molar-refractivity contribution >= 4 is 34.5 Å². The van der Waals surface area contributed by atoms with Crippen molar-refractivity contribution in [1.29, 1.82) is 0 Å². The number of carbonyl (C=O) groups excluding carboxylic acids is 1. The molecule has 4 aromatic carbocycles. The summed E-state index contributed by atoms with van der Waals surface area (Å²) >= 11 is 0. The summed E-state index contributed by atoms with van der Waals surface area (Å²) < 4.78 is 5.38. The van der Waals surface area contributed by atoms with Crippen molar-refractivity contribution in [2.75, 3.05) is 6.61 Å². The van der Waals surface area contributed by atoms with E-state index in [2.05, 4.69) is 18.2 Å². The first-order chi connectivity index (χ1) is 22.0. The van der Waals surface area contributed by atoms with E-state index in [1.54, 1.807) is 0 Å². The van der Waals surface area contributed by atoms with Crippen LogP contribution in [0.4, 0.5) is 0 Å². The van der Waals surface area contributed by atoms with Gasteiger partial charge in [-0.05, 0) is 54.7 Å². The van der Waals surface area contributed by atoms with Crippen molar-refractivity contribution in [3.63, 3.8) is 0 Å². The molecule has 8 heteroatoms. The number of aliphatic carboxylic acids is 1. The average molecular weight is 593 g/mol. The lowest BCUT2D eigenvalue weighted by atomic mass is 9.62. The zero-order valence-electron chi connectivity index (χ0n) is 24.3. The van der Waals surface area contributed by atoms with Gasteiger partial charge >= 0.3 is 5.97 Å². The number of ether oxygens (including phenoxy) is 1. The van der Waals surface area contributed by atoms with Crippen LogP contribution in [0.5, 0.6) is 0 Å². The van der Waals surface area contributed by atoms with Crippen molar-refractivity contribution in [3.05, 3.63) is 120 Å². The summed E-state index contributed by atoms with van der Waals surface area (Å²) in [6, 6.07) is 31.9. The molecule has 0 amide bonds. The van der Waals surface area contributed by atoms with Crippen LogP contribution in [-0.2, 0) is 25.2 Å². The van der Waals surface area contributed by atoms with Gasteiger partial charge in [-0.15, -0.1) is 0 Å². The van der Waals surface area contributed by atoms with E-state index >= 15 is 0 Å². The molecule has 0 fully saturated rings. The Morgan fingerprint density at radius 3 is 1.58 bits per heavy atom. The zero-order valence-corrected chi connectivity index (χ0v) is 24.3. The fourth-order valence-corrected chi connectivity index (χ4v) is 7.67. The van der Waals surface area contributed by atoms with Gasteiger partial charge in [0.15, 0.2) is 0 Å². The molecule has 2 aliphatic rings. The number of carboxylic acid groups (broad SMARTS) is 1. The van der Waals surface area contributed by atoms with Gasteiger partial charge in [0, 0.05) is 28.4 Å². The standard InChI is InChI=1S/C37H28N4O4/c42-22-45-20-19-37(26-12-4-2-10-24(26)33-35(37)41-30-16-8-6-14-28(30)39-33)21-36(18-17-31(43)44)25-11-3-1-9-23(25)32-34(36)40-29-15-7-5-13-27(29)38-32/h1-16,22H,17-21H2,(H,43,44). The first-order valence-electron chi connectivity index (χ1n) is 15.1. The summed E-state index contributed by atoms with van der Waals surface area (Å²) in [5.74, 6) is -0.884. The van der Waals surface area contributed by atoms with Crippen molar-refractivity contribution in [2.24, 2.45) is 0 Å². The highest BCUT2D eigenvalue weighted by Crippen LogP contribution is 2.60. The lowest BCUT2D eigenvalue weighted by Gasteiger charge is -2.41. The summed E-state index contributed by atoms with van der Waals surface area (Å²) in [6.45, 7) is 0.623. The second-order valence-corrected chi connectivity index (χ2v) is 11.9. The highest BCUT2D eigenvalue weighted by Gasteiger charge is 2.55. The minimum atomic E-state index is -0.884. The number of rotatable bonds is 9. The molecule has 2 aliphatic carbocycles. The molecule has 2 aromatic heterocycles. The van der Waals surface area contributed by atoms with Crippen LogP contribution in [0.2, 0.25) is 0 Å². The van der Waals surface area contributed by atoms with E-state index in [1.165, 1.54) is 0 Å². The molecule has 0 bridgehead atoms. The van der Waals surface area contributed by atoms with Crippen LogP contribution in [0.15, 0.2) is 97.1 Å². The molecule has 6 aromatic rings. The second-order valence-electron chi connectivity index (χ2n) is 11.9. The maximum atomic E-state index is 12.3. The topological polar surface area (TPSA) is 115 Å². The van der Waals surface area contributed by atoms with Crippen LogP contribution in [0.3, 0.4) is 0 Å². The molecule has 2 heterocycles. The Kier molecular flexibility index (Phi) is 6.20. The van der Waals surface area contributed by atoms with E-state index in [0.717, 1.165) is 67.1 Å². The molecule has 0 saturated carbocycles. The zero-order chi connectivity index (χ0) is 30.6. The fourth-order valence-electron chi connectivity index (χ4n) is 7.67. The largest absolute Gasteiger partial charge is 0.481 e. The summed E-state index contributed by atoms with van der Waals surface area (Å²) in [6.07, 6.45) is 1.09. The molecule has 45 heavy (non-hydrogen) atoms. The summed E-state index contributed by atoms with van der Waals surface area (Å²) in [5, 5.41) is 10.1. The number of carbonyl (C=O) groups is 2. The molecule has 8 nitrogen and oxygen atoms in total. The lowest BCUT2D eigenvalue weighted by molar-refractivity contribution is -0.137. The van der Waals surface area contributed by atoms with Crippen molar-refractivity contribution in [1.82, 2.24) is 19.9 Å². The maximum Gasteiger partial charge on any atom is 0.303 e. The Hall–Kier alpha value is -5.50. The number of benzene rings is 4. The number of fused-ring (bicyclic) bond motifs is 8. The summed E-state index contributed by atoms with van der Waals surface area (Å²) in [5.41, 5.74) is 8.53. The molecule has 0 spiro atoms. The predicted octanol–water partition coefficient (Wildman–Crippen LogP) is 6.62. The minimum Gasteiger partial charge on any atom is -0.481 e. The van der Waals surface area contributed by atoms with Gasteiger partial charge < -0.3 is 9.84 Å². The van der Waals surface area contributed by atoms with E-state index < -0.39 is 16.8 Å². The maximum absolute atomic E-state index is 12.3. The van der Waals surface area contributed by atoms with Gasteiger partial charge in [-0.2, -0.15) is 0 Å². The van der Waals surface area contributed by atoms with Crippen molar-refractivity contribution < 1.29 is 19.4 Å². The quantitative estimate of drug-likeness (QED) is 0.147. The summed E-state index contributed by atoms with van der Waals surface area (Å²) in [7, 11) is 0. The van der Waals surface area contributed by atoms with Crippen LogP contribution in [0.25, 0.3) is 44.6 Å². The Bertz CT molecular complexity index is 2160. The molecule has 2 atom stereocenters. The average Bonchev–Trinajstić information content (AvgIpc) is 3.48. The molecule has 220 valence electrons. The van der Waals surface area contributed by atoms with Crippen molar-refractivity contribution in [2.45, 2.75) is 36.5 Å². The van der Waals surface area contributed by atoms with Crippen LogP contribution in [0.1, 0.15) is 48.2 Å². The number of nitrogens with zero attached hydrogens (tertiary/aromatic N) is 4. The highest BCUT2D eigenvalue weighted by atomic mass is 16.5. The normalized spacial score (nSPS) is 19.1. The number of para-hydroxylation sites is 4. The third kappa shape index (κ3) is 4.05. The Morgan fingerprint density at radius 1 is 0.644 bits per heavy atom. The lowest BCUT2D eigenvalue weighted by Crippen LogP contribution is -2.40. The molecular weight excluding hydrogens is 564 g/mol. The molecule has 0 aliphatic heterocycles. The second kappa shape index (κ2) is 10.3. The van der Waals surface area contributed by atoms with Gasteiger partial charge in [-0.25, -0.2) is 19.9 Å². The van der Waals surface area contributed by atoms with Gasteiger partial charge in [-0.1, -0.05) is 72.8 Å². The Balaban J connectivity index is 1.44. The van der Waals surface area contributed by atoms with Crippen LogP contribution < -0.4 is 0 Å². The molecule has 1 N–H and O–H groups in total. The predicted molar refractivity (Wildman–Crippen MR) is 170 cm³/mol. The van der Waals surface area contributed by atoms with E-state index in [0.29, 0.717) is 25.7 Å². The first-order valence-corrected chi connectivity index (χ1v) is 15.1. The third-order valence-electron chi connectivity index (χ3n) is 9.53. The third-order valence-corrected chi connectivity index (χ3v) is 9.53. The van der Waals surface area contributed by atoms with E-state index in [-0.39, 0.29) is 13.0 Å².